The molecule has 1 fully saturated rings. The molecule has 0 unspecified atom stereocenters. The Bertz CT molecular complexity index is 945. The third kappa shape index (κ3) is 5.32. The zero-order valence-corrected chi connectivity index (χ0v) is 19.0. The van der Waals surface area contributed by atoms with Crippen LogP contribution in [-0.4, -0.2) is 87.8 Å². The van der Waals surface area contributed by atoms with Crippen LogP contribution in [0.25, 0.3) is 10.2 Å². The molecule has 3 rings (SSSR count). The topological polar surface area (TPSA) is 83.0 Å². The molecule has 160 valence electrons. The summed E-state index contributed by atoms with van der Waals surface area (Å²) in [5, 5.41) is 0.609. The van der Waals surface area contributed by atoms with E-state index in [0.717, 1.165) is 45.0 Å². The molecule has 0 atom stereocenters. The summed E-state index contributed by atoms with van der Waals surface area (Å²) in [6.45, 7) is 7.97. The number of amides is 1. The van der Waals surface area contributed by atoms with Gasteiger partial charge in [-0.25, -0.2) is 13.4 Å². The van der Waals surface area contributed by atoms with Crippen molar-refractivity contribution < 1.29 is 17.9 Å². The summed E-state index contributed by atoms with van der Waals surface area (Å²) < 4.78 is 31.1. The Morgan fingerprint density at radius 1 is 1.24 bits per heavy atom. The van der Waals surface area contributed by atoms with Crippen LogP contribution in [0, 0.1) is 13.8 Å². The van der Waals surface area contributed by atoms with Crippen molar-refractivity contribution in [1.82, 2.24) is 14.2 Å². The van der Waals surface area contributed by atoms with Crippen molar-refractivity contribution in [2.24, 2.45) is 0 Å². The largest absolute Gasteiger partial charge is 0.379 e. The SMILES string of the molecule is Cc1ccc(C)c2sc(N(CCN3CCOCC3)C(=O)CN(C)S(C)(=O)=O)nc12. The van der Waals surface area contributed by atoms with Crippen LogP contribution < -0.4 is 4.90 Å². The van der Waals surface area contributed by atoms with Gasteiger partial charge in [0, 0.05) is 33.2 Å². The quantitative estimate of drug-likeness (QED) is 0.648. The average molecular weight is 441 g/mol. The van der Waals surface area contributed by atoms with Gasteiger partial charge in [-0.15, -0.1) is 0 Å². The molecule has 0 radical (unpaired) electrons. The minimum absolute atomic E-state index is 0.212. The van der Waals surface area contributed by atoms with E-state index in [-0.39, 0.29) is 12.5 Å². The summed E-state index contributed by atoms with van der Waals surface area (Å²) in [5.41, 5.74) is 3.07. The van der Waals surface area contributed by atoms with Crippen LogP contribution in [0.1, 0.15) is 11.1 Å². The number of ether oxygens (including phenoxy) is 1. The normalized spacial score (nSPS) is 15.9. The van der Waals surface area contributed by atoms with Gasteiger partial charge in [0.2, 0.25) is 15.9 Å². The predicted molar refractivity (Wildman–Crippen MR) is 116 cm³/mol. The molecule has 29 heavy (non-hydrogen) atoms. The molecule has 1 aliphatic heterocycles. The van der Waals surface area contributed by atoms with Gasteiger partial charge < -0.3 is 4.74 Å². The second-order valence-electron chi connectivity index (χ2n) is 7.39. The fraction of sp³-hybridized carbons (Fsp3) is 0.579. The van der Waals surface area contributed by atoms with Gasteiger partial charge in [-0.1, -0.05) is 23.5 Å². The number of benzene rings is 1. The number of carbonyl (C=O) groups excluding carboxylic acids is 1. The maximum Gasteiger partial charge on any atom is 0.244 e. The van der Waals surface area contributed by atoms with Crippen LogP contribution in [0.3, 0.4) is 0 Å². The van der Waals surface area contributed by atoms with E-state index in [1.807, 2.05) is 19.9 Å². The molecule has 0 N–H and O–H groups in total. The van der Waals surface area contributed by atoms with E-state index in [0.29, 0.717) is 31.4 Å². The highest BCUT2D eigenvalue weighted by molar-refractivity contribution is 7.88. The van der Waals surface area contributed by atoms with Crippen LogP contribution in [0.4, 0.5) is 5.13 Å². The molecule has 1 aromatic heterocycles. The van der Waals surface area contributed by atoms with Gasteiger partial charge >= 0.3 is 0 Å². The molecule has 0 aliphatic carbocycles. The third-order valence-electron chi connectivity index (χ3n) is 5.13. The molecule has 1 aromatic carbocycles. The fourth-order valence-electron chi connectivity index (χ4n) is 3.15. The number of carbonyl (C=O) groups is 1. The first-order chi connectivity index (χ1) is 13.7. The second-order valence-corrected chi connectivity index (χ2v) is 10.5. The predicted octanol–water partition coefficient (Wildman–Crippen LogP) is 1.47. The van der Waals surface area contributed by atoms with Crippen molar-refractivity contribution in [3.63, 3.8) is 0 Å². The number of anilines is 1. The van der Waals surface area contributed by atoms with Crippen molar-refractivity contribution in [2.45, 2.75) is 13.8 Å². The number of sulfonamides is 1. The highest BCUT2D eigenvalue weighted by atomic mass is 32.2. The van der Waals surface area contributed by atoms with Gasteiger partial charge in [0.05, 0.1) is 36.2 Å². The van der Waals surface area contributed by atoms with Crippen molar-refractivity contribution in [2.75, 3.05) is 64.1 Å². The second kappa shape index (κ2) is 9.05. The Balaban J connectivity index is 1.88. The van der Waals surface area contributed by atoms with Crippen LogP contribution in [0.5, 0.6) is 0 Å². The Kier molecular flexibility index (Phi) is 6.90. The summed E-state index contributed by atoms with van der Waals surface area (Å²) in [6, 6.07) is 4.08. The summed E-state index contributed by atoms with van der Waals surface area (Å²) >= 11 is 1.48. The number of aromatic nitrogens is 1. The molecular weight excluding hydrogens is 412 g/mol. The van der Waals surface area contributed by atoms with E-state index < -0.39 is 10.0 Å². The first-order valence-corrected chi connectivity index (χ1v) is 12.2. The number of rotatable bonds is 7. The Morgan fingerprint density at radius 3 is 2.52 bits per heavy atom. The van der Waals surface area contributed by atoms with E-state index in [9.17, 15) is 13.2 Å². The number of thiazole rings is 1. The summed E-state index contributed by atoms with van der Waals surface area (Å²) in [5.74, 6) is -0.277. The summed E-state index contributed by atoms with van der Waals surface area (Å²) in [7, 11) is -2.03. The standard InChI is InChI=1S/C19H28N4O4S2/c1-14-5-6-15(2)18-17(14)20-19(28-18)23(8-7-22-9-11-27-12-10-22)16(24)13-21(3)29(4,25)26/h5-6H,7-13H2,1-4H3. The highest BCUT2D eigenvalue weighted by Gasteiger charge is 2.25. The van der Waals surface area contributed by atoms with E-state index in [2.05, 4.69) is 11.0 Å². The molecule has 1 amide bonds. The summed E-state index contributed by atoms with van der Waals surface area (Å²) in [4.78, 5) is 21.7. The lowest BCUT2D eigenvalue weighted by Crippen LogP contribution is -2.46. The maximum absolute atomic E-state index is 13.1. The highest BCUT2D eigenvalue weighted by Crippen LogP contribution is 2.33. The number of hydrogen-bond donors (Lipinski definition) is 0. The van der Waals surface area contributed by atoms with E-state index >= 15 is 0 Å². The number of morpholine rings is 1. The number of aryl methyl sites for hydroxylation is 2. The molecule has 2 aromatic rings. The van der Waals surface area contributed by atoms with Gasteiger partial charge in [0.1, 0.15) is 0 Å². The van der Waals surface area contributed by atoms with E-state index in [4.69, 9.17) is 9.72 Å². The Hall–Kier alpha value is -1.59. The van der Waals surface area contributed by atoms with Gasteiger partial charge in [0.25, 0.3) is 0 Å². The number of likely N-dealkylation sites (N-methyl/N-ethyl adjacent to an activating group) is 1. The molecule has 2 heterocycles. The number of fused-ring (bicyclic) bond motifs is 1. The Morgan fingerprint density at radius 2 is 1.90 bits per heavy atom. The lowest BCUT2D eigenvalue weighted by atomic mass is 10.1. The van der Waals surface area contributed by atoms with Crippen molar-refractivity contribution in [3.05, 3.63) is 23.3 Å². The van der Waals surface area contributed by atoms with Crippen LogP contribution in [0.2, 0.25) is 0 Å². The lowest BCUT2D eigenvalue weighted by molar-refractivity contribution is -0.118. The van der Waals surface area contributed by atoms with E-state index in [1.54, 1.807) is 4.90 Å². The minimum Gasteiger partial charge on any atom is -0.379 e. The van der Waals surface area contributed by atoms with Crippen molar-refractivity contribution >= 4 is 42.6 Å². The molecule has 8 nitrogen and oxygen atoms in total. The minimum atomic E-state index is -3.45. The smallest absolute Gasteiger partial charge is 0.244 e. The fourth-order valence-corrected chi connectivity index (χ4v) is 4.65. The maximum atomic E-state index is 13.1. The van der Waals surface area contributed by atoms with E-state index in [1.165, 1.54) is 18.4 Å². The average Bonchev–Trinajstić information content (AvgIpc) is 3.11. The first-order valence-electron chi connectivity index (χ1n) is 9.55. The molecule has 1 saturated heterocycles. The van der Waals surface area contributed by atoms with Crippen LogP contribution in [-0.2, 0) is 19.6 Å². The molecule has 10 heteroatoms. The number of hydrogen-bond acceptors (Lipinski definition) is 7. The molecule has 0 saturated carbocycles. The van der Waals surface area contributed by atoms with Crippen molar-refractivity contribution in [3.8, 4) is 0 Å². The molecule has 0 spiro atoms. The monoisotopic (exact) mass is 440 g/mol. The first kappa shape index (κ1) is 22.1. The van der Waals surface area contributed by atoms with Gasteiger partial charge in [-0.3, -0.25) is 14.6 Å². The Labute approximate surface area is 176 Å². The molecule has 1 aliphatic rings. The lowest BCUT2D eigenvalue weighted by Gasteiger charge is -2.29. The molecular formula is C19H28N4O4S2. The molecule has 0 bridgehead atoms. The zero-order valence-electron chi connectivity index (χ0n) is 17.3. The zero-order chi connectivity index (χ0) is 21.2. The van der Waals surface area contributed by atoms with Gasteiger partial charge in [-0.05, 0) is 25.0 Å². The third-order valence-corrected chi connectivity index (χ3v) is 7.61. The van der Waals surface area contributed by atoms with Crippen molar-refractivity contribution in [1.29, 1.82) is 0 Å². The van der Waals surface area contributed by atoms with Crippen LogP contribution >= 0.6 is 11.3 Å². The number of nitrogens with zero attached hydrogens (tertiary/aromatic N) is 4. The van der Waals surface area contributed by atoms with Gasteiger partial charge in [-0.2, -0.15) is 4.31 Å². The summed E-state index contributed by atoms with van der Waals surface area (Å²) in [6.07, 6.45) is 1.10. The van der Waals surface area contributed by atoms with Gasteiger partial charge in [0.15, 0.2) is 5.13 Å². The van der Waals surface area contributed by atoms with Crippen LogP contribution in [0.15, 0.2) is 12.1 Å².